The van der Waals surface area contributed by atoms with Gasteiger partial charge in [0.25, 0.3) is 0 Å². The van der Waals surface area contributed by atoms with Crippen molar-refractivity contribution in [2.75, 3.05) is 12.0 Å². The molecule has 0 spiro atoms. The van der Waals surface area contributed by atoms with Gasteiger partial charge in [-0.1, -0.05) is 6.07 Å². The summed E-state index contributed by atoms with van der Waals surface area (Å²) >= 11 is 0. The molecule has 1 heterocycles. The van der Waals surface area contributed by atoms with Crippen LogP contribution in [-0.4, -0.2) is 19.2 Å². The zero-order valence-corrected chi connectivity index (χ0v) is 11.8. The van der Waals surface area contributed by atoms with Gasteiger partial charge in [-0.2, -0.15) is 0 Å². The van der Waals surface area contributed by atoms with Gasteiger partial charge in [0.15, 0.2) is 9.84 Å². The SMILES string of the molecule is CS(=O)(=O)c1cccc(-n2ccc3cc(N)ccc32)c1. The lowest BCUT2D eigenvalue weighted by atomic mass is 10.2. The van der Waals surface area contributed by atoms with E-state index in [9.17, 15) is 8.42 Å². The van der Waals surface area contributed by atoms with Gasteiger partial charge in [-0.3, -0.25) is 0 Å². The Balaban J connectivity index is 2.21. The molecule has 2 N–H and O–H groups in total. The second kappa shape index (κ2) is 4.38. The van der Waals surface area contributed by atoms with Crippen LogP contribution in [-0.2, 0) is 9.84 Å². The topological polar surface area (TPSA) is 65.1 Å². The molecule has 0 unspecified atom stereocenters. The van der Waals surface area contributed by atoms with Gasteiger partial charge in [0.05, 0.1) is 10.4 Å². The van der Waals surface area contributed by atoms with Crippen LogP contribution in [0.25, 0.3) is 16.6 Å². The monoisotopic (exact) mass is 286 g/mol. The summed E-state index contributed by atoms with van der Waals surface area (Å²) < 4.78 is 25.2. The molecule has 0 aliphatic heterocycles. The number of fused-ring (bicyclic) bond motifs is 1. The highest BCUT2D eigenvalue weighted by atomic mass is 32.2. The van der Waals surface area contributed by atoms with Crippen molar-refractivity contribution < 1.29 is 8.42 Å². The first-order chi connectivity index (χ1) is 9.45. The van der Waals surface area contributed by atoms with Gasteiger partial charge in [0.2, 0.25) is 0 Å². The van der Waals surface area contributed by atoms with Crippen LogP contribution in [0.4, 0.5) is 5.69 Å². The molecule has 4 nitrogen and oxygen atoms in total. The Hall–Kier alpha value is -2.27. The molecule has 0 radical (unpaired) electrons. The van der Waals surface area contributed by atoms with Crippen LogP contribution in [0.2, 0.25) is 0 Å². The third kappa shape index (κ3) is 2.16. The smallest absolute Gasteiger partial charge is 0.175 e. The highest BCUT2D eigenvalue weighted by Gasteiger charge is 2.09. The molecule has 3 aromatic rings. The van der Waals surface area contributed by atoms with Crippen molar-refractivity contribution >= 4 is 26.4 Å². The van der Waals surface area contributed by atoms with Gasteiger partial charge < -0.3 is 10.3 Å². The van der Waals surface area contributed by atoms with Crippen molar-refractivity contribution in [2.24, 2.45) is 0 Å². The third-order valence-electron chi connectivity index (χ3n) is 3.24. The van der Waals surface area contributed by atoms with Gasteiger partial charge in [-0.25, -0.2) is 8.42 Å². The third-order valence-corrected chi connectivity index (χ3v) is 4.35. The van der Waals surface area contributed by atoms with E-state index in [1.807, 2.05) is 41.1 Å². The standard InChI is InChI=1S/C15H14N2O2S/c1-20(18,19)14-4-2-3-13(10-14)17-8-7-11-9-12(16)5-6-15(11)17/h2-10H,16H2,1H3. The minimum atomic E-state index is -3.21. The molecule has 102 valence electrons. The Labute approximate surface area is 117 Å². The van der Waals surface area contributed by atoms with Crippen LogP contribution >= 0.6 is 0 Å². The van der Waals surface area contributed by atoms with Crippen molar-refractivity contribution in [1.82, 2.24) is 4.57 Å². The fourth-order valence-corrected chi connectivity index (χ4v) is 2.91. The molecule has 0 bridgehead atoms. The summed E-state index contributed by atoms with van der Waals surface area (Å²) in [5, 5.41) is 1.02. The fraction of sp³-hybridized carbons (Fsp3) is 0.0667. The van der Waals surface area contributed by atoms with Gasteiger partial charge in [-0.15, -0.1) is 0 Å². The zero-order chi connectivity index (χ0) is 14.3. The molecule has 5 heteroatoms. The molecular formula is C15H14N2O2S. The number of sulfone groups is 1. The number of benzene rings is 2. The predicted octanol–water partition coefficient (Wildman–Crippen LogP) is 2.62. The molecule has 1 aromatic heterocycles. The van der Waals surface area contributed by atoms with Crippen molar-refractivity contribution in [1.29, 1.82) is 0 Å². The maximum absolute atomic E-state index is 11.6. The van der Waals surface area contributed by atoms with E-state index in [0.717, 1.165) is 16.6 Å². The quantitative estimate of drug-likeness (QED) is 0.736. The lowest BCUT2D eigenvalue weighted by Gasteiger charge is -2.07. The Bertz CT molecular complexity index is 895. The second-order valence-electron chi connectivity index (χ2n) is 4.77. The first-order valence-electron chi connectivity index (χ1n) is 6.12. The van der Waals surface area contributed by atoms with Crippen LogP contribution in [0.5, 0.6) is 0 Å². The number of hydrogen-bond acceptors (Lipinski definition) is 3. The van der Waals surface area contributed by atoms with E-state index >= 15 is 0 Å². The molecule has 0 aliphatic carbocycles. The first-order valence-corrected chi connectivity index (χ1v) is 8.01. The summed E-state index contributed by atoms with van der Waals surface area (Å²) in [7, 11) is -3.21. The van der Waals surface area contributed by atoms with E-state index in [0.29, 0.717) is 10.6 Å². The Morgan fingerprint density at radius 1 is 1.05 bits per heavy atom. The van der Waals surface area contributed by atoms with Crippen LogP contribution in [0, 0.1) is 0 Å². The van der Waals surface area contributed by atoms with Crippen molar-refractivity contribution in [3.8, 4) is 5.69 Å². The van der Waals surface area contributed by atoms with E-state index in [1.54, 1.807) is 18.2 Å². The molecule has 3 rings (SSSR count). The minimum Gasteiger partial charge on any atom is -0.399 e. The highest BCUT2D eigenvalue weighted by Crippen LogP contribution is 2.23. The summed E-state index contributed by atoms with van der Waals surface area (Å²) in [6.45, 7) is 0. The molecule has 0 fully saturated rings. The van der Waals surface area contributed by atoms with E-state index < -0.39 is 9.84 Å². The van der Waals surface area contributed by atoms with Crippen molar-refractivity contribution in [3.63, 3.8) is 0 Å². The van der Waals surface area contributed by atoms with Crippen LogP contribution in [0.3, 0.4) is 0 Å². The molecule has 0 aliphatic rings. The number of rotatable bonds is 2. The number of nitrogens with zero attached hydrogens (tertiary/aromatic N) is 1. The maximum Gasteiger partial charge on any atom is 0.175 e. The summed E-state index contributed by atoms with van der Waals surface area (Å²) in [6.07, 6.45) is 3.12. The largest absolute Gasteiger partial charge is 0.399 e. The van der Waals surface area contributed by atoms with Crippen LogP contribution in [0.1, 0.15) is 0 Å². The molecule has 2 aromatic carbocycles. The summed E-state index contributed by atoms with van der Waals surface area (Å²) in [4.78, 5) is 0.312. The Kier molecular flexibility index (Phi) is 2.79. The van der Waals surface area contributed by atoms with Crippen molar-refractivity contribution in [3.05, 3.63) is 54.7 Å². The predicted molar refractivity (Wildman–Crippen MR) is 80.8 cm³/mol. The number of aromatic nitrogens is 1. The first kappa shape index (κ1) is 12.7. The second-order valence-corrected chi connectivity index (χ2v) is 6.79. The van der Waals surface area contributed by atoms with Gasteiger partial charge in [-0.05, 0) is 42.5 Å². The minimum absolute atomic E-state index is 0.312. The van der Waals surface area contributed by atoms with E-state index in [2.05, 4.69) is 0 Å². The number of hydrogen-bond donors (Lipinski definition) is 1. The Morgan fingerprint density at radius 2 is 1.85 bits per heavy atom. The van der Waals surface area contributed by atoms with Crippen molar-refractivity contribution in [2.45, 2.75) is 4.90 Å². The molecule has 0 saturated heterocycles. The average Bonchev–Trinajstić information content (AvgIpc) is 2.80. The summed E-state index contributed by atoms with van der Waals surface area (Å²) in [5.74, 6) is 0. The molecule has 20 heavy (non-hydrogen) atoms. The lowest BCUT2D eigenvalue weighted by Crippen LogP contribution is -1.99. The zero-order valence-electron chi connectivity index (χ0n) is 10.9. The molecule has 0 saturated carbocycles. The fourth-order valence-electron chi connectivity index (χ4n) is 2.25. The maximum atomic E-state index is 11.6. The Morgan fingerprint density at radius 3 is 2.60 bits per heavy atom. The van der Waals surface area contributed by atoms with E-state index in [4.69, 9.17) is 5.73 Å². The van der Waals surface area contributed by atoms with Crippen LogP contribution < -0.4 is 5.73 Å². The lowest BCUT2D eigenvalue weighted by molar-refractivity contribution is 0.602. The van der Waals surface area contributed by atoms with E-state index in [-0.39, 0.29) is 0 Å². The molecule has 0 atom stereocenters. The molecule has 0 amide bonds. The summed E-state index contributed by atoms with van der Waals surface area (Å²) in [6, 6.07) is 14.5. The number of anilines is 1. The van der Waals surface area contributed by atoms with Gasteiger partial charge in [0, 0.05) is 29.2 Å². The molecular weight excluding hydrogens is 272 g/mol. The number of nitrogens with two attached hydrogens (primary N) is 1. The average molecular weight is 286 g/mol. The van der Waals surface area contributed by atoms with Crippen LogP contribution in [0.15, 0.2) is 59.6 Å². The van der Waals surface area contributed by atoms with E-state index in [1.165, 1.54) is 6.26 Å². The van der Waals surface area contributed by atoms with Gasteiger partial charge in [0.1, 0.15) is 0 Å². The highest BCUT2D eigenvalue weighted by molar-refractivity contribution is 7.90. The normalized spacial score (nSPS) is 11.8. The van der Waals surface area contributed by atoms with Gasteiger partial charge >= 0.3 is 0 Å². The summed E-state index contributed by atoms with van der Waals surface area (Å²) in [5.41, 5.74) is 8.28. The number of nitrogen functional groups attached to an aromatic ring is 1.